The number of amides is 3. The van der Waals surface area contributed by atoms with Crippen molar-refractivity contribution >= 4 is 28.4 Å². The molecule has 4 heterocycles. The van der Waals surface area contributed by atoms with Gasteiger partial charge < -0.3 is 15.2 Å². The van der Waals surface area contributed by atoms with Crippen LogP contribution in [0.4, 0.5) is 23.1 Å². The number of aryl methyl sites for hydroxylation is 1. The molecule has 0 unspecified atom stereocenters. The predicted molar refractivity (Wildman–Crippen MR) is 111 cm³/mol. The van der Waals surface area contributed by atoms with Gasteiger partial charge in [-0.2, -0.15) is 13.2 Å². The van der Waals surface area contributed by atoms with Gasteiger partial charge in [-0.05, 0) is 30.7 Å². The van der Waals surface area contributed by atoms with Crippen LogP contribution in [0.25, 0.3) is 0 Å². The summed E-state index contributed by atoms with van der Waals surface area (Å²) in [7, 11) is 0. The second kappa shape index (κ2) is 8.61. The zero-order valence-electron chi connectivity index (χ0n) is 16.9. The second-order valence-corrected chi connectivity index (χ2v) is 8.17. The van der Waals surface area contributed by atoms with E-state index in [2.05, 4.69) is 20.3 Å². The predicted octanol–water partition coefficient (Wildman–Crippen LogP) is 3.57. The molecular formula is C20H19F3N6O2S. The molecule has 1 aliphatic heterocycles. The molecule has 0 aromatic carbocycles. The number of nitrogens with zero attached hydrogens (tertiary/aromatic N) is 4. The number of nitrogens with one attached hydrogen (secondary N) is 2. The highest BCUT2D eigenvalue weighted by molar-refractivity contribution is 7.17. The standard InChI is InChI=1S/C20H19F3N6O2S/c1-12-16(17(30)26-10-14-3-2-6-24-14)32-18(27-12)29-8-7-28(19(29)31)11-13-4-5-15(25-9-13)20(21,22)23/h2-6,9,24H,7-8,10-11H2,1H3,(H,26,30). The van der Waals surface area contributed by atoms with Crippen molar-refractivity contribution in [2.45, 2.75) is 26.2 Å². The molecule has 0 aliphatic carbocycles. The summed E-state index contributed by atoms with van der Waals surface area (Å²) in [5.74, 6) is -0.278. The average Bonchev–Trinajstić information content (AvgIpc) is 3.47. The van der Waals surface area contributed by atoms with Gasteiger partial charge in [0.15, 0.2) is 5.13 Å². The van der Waals surface area contributed by atoms with E-state index in [1.165, 1.54) is 15.9 Å². The largest absolute Gasteiger partial charge is 0.433 e. The zero-order valence-corrected chi connectivity index (χ0v) is 17.8. The lowest BCUT2D eigenvalue weighted by molar-refractivity contribution is -0.141. The van der Waals surface area contributed by atoms with Gasteiger partial charge >= 0.3 is 12.2 Å². The minimum Gasteiger partial charge on any atom is -0.364 e. The smallest absolute Gasteiger partial charge is 0.364 e. The molecular weight excluding hydrogens is 445 g/mol. The van der Waals surface area contributed by atoms with Crippen molar-refractivity contribution in [3.8, 4) is 0 Å². The molecule has 2 N–H and O–H groups in total. The fraction of sp³-hybridized carbons (Fsp3) is 0.300. The van der Waals surface area contributed by atoms with Crippen molar-refractivity contribution in [1.29, 1.82) is 0 Å². The van der Waals surface area contributed by atoms with Gasteiger partial charge in [-0.1, -0.05) is 17.4 Å². The van der Waals surface area contributed by atoms with Gasteiger partial charge in [0.2, 0.25) is 0 Å². The van der Waals surface area contributed by atoms with Crippen LogP contribution in [0.1, 0.15) is 32.3 Å². The lowest BCUT2D eigenvalue weighted by Gasteiger charge is -2.17. The fourth-order valence-corrected chi connectivity index (χ4v) is 4.26. The monoisotopic (exact) mass is 464 g/mol. The maximum Gasteiger partial charge on any atom is 0.433 e. The molecule has 1 fully saturated rings. The number of halogens is 3. The Morgan fingerprint density at radius 1 is 1.28 bits per heavy atom. The van der Waals surface area contributed by atoms with Crippen molar-refractivity contribution < 1.29 is 22.8 Å². The van der Waals surface area contributed by atoms with Gasteiger partial charge in [-0.3, -0.25) is 14.7 Å². The van der Waals surface area contributed by atoms with E-state index in [4.69, 9.17) is 0 Å². The van der Waals surface area contributed by atoms with E-state index in [-0.39, 0.29) is 18.5 Å². The van der Waals surface area contributed by atoms with E-state index < -0.39 is 11.9 Å². The van der Waals surface area contributed by atoms with Gasteiger partial charge in [0.25, 0.3) is 5.91 Å². The molecule has 0 atom stereocenters. The number of aromatic amines is 1. The van der Waals surface area contributed by atoms with Crippen molar-refractivity contribution in [1.82, 2.24) is 25.2 Å². The topological polar surface area (TPSA) is 94.2 Å². The third kappa shape index (κ3) is 4.59. The number of urea groups is 1. The summed E-state index contributed by atoms with van der Waals surface area (Å²) in [6.07, 6.45) is -1.62. The van der Waals surface area contributed by atoms with E-state index in [1.807, 2.05) is 12.1 Å². The number of pyridine rings is 1. The molecule has 0 spiro atoms. The average molecular weight is 464 g/mol. The number of carbonyl (C=O) groups excluding carboxylic acids is 2. The Bertz CT molecular complexity index is 1110. The summed E-state index contributed by atoms with van der Waals surface area (Å²) >= 11 is 1.13. The molecule has 3 aromatic heterocycles. The number of alkyl halides is 3. The molecule has 3 aromatic rings. The fourth-order valence-electron chi connectivity index (χ4n) is 3.25. The first-order valence-corrected chi connectivity index (χ1v) is 10.5. The summed E-state index contributed by atoms with van der Waals surface area (Å²) < 4.78 is 38.0. The SMILES string of the molecule is Cc1nc(N2CCN(Cc3ccc(C(F)(F)F)nc3)C2=O)sc1C(=O)NCc1ccc[nH]1. The van der Waals surface area contributed by atoms with Crippen LogP contribution < -0.4 is 10.2 Å². The van der Waals surface area contributed by atoms with Crippen molar-refractivity contribution in [3.63, 3.8) is 0 Å². The maximum atomic E-state index is 12.8. The number of H-pyrrole nitrogens is 1. The molecule has 168 valence electrons. The quantitative estimate of drug-likeness (QED) is 0.583. The number of aromatic nitrogens is 3. The minimum atomic E-state index is -4.51. The molecule has 8 nitrogen and oxygen atoms in total. The minimum absolute atomic E-state index is 0.133. The number of rotatable bonds is 6. The molecule has 1 aliphatic rings. The Kier molecular flexibility index (Phi) is 5.87. The van der Waals surface area contributed by atoms with Crippen LogP contribution in [-0.4, -0.2) is 44.9 Å². The molecule has 4 rings (SSSR count). The highest BCUT2D eigenvalue weighted by Gasteiger charge is 2.34. The highest BCUT2D eigenvalue weighted by Crippen LogP contribution is 2.30. The van der Waals surface area contributed by atoms with E-state index in [0.29, 0.717) is 40.9 Å². The van der Waals surface area contributed by atoms with E-state index in [9.17, 15) is 22.8 Å². The van der Waals surface area contributed by atoms with Gasteiger partial charge in [-0.15, -0.1) is 0 Å². The van der Waals surface area contributed by atoms with E-state index in [1.54, 1.807) is 13.1 Å². The Hall–Kier alpha value is -3.41. The van der Waals surface area contributed by atoms with Crippen molar-refractivity contribution in [2.75, 3.05) is 18.0 Å². The zero-order chi connectivity index (χ0) is 22.9. The van der Waals surface area contributed by atoms with Crippen molar-refractivity contribution in [2.24, 2.45) is 0 Å². The Morgan fingerprint density at radius 3 is 2.75 bits per heavy atom. The number of carbonyl (C=O) groups is 2. The normalized spacial score (nSPS) is 14.3. The maximum absolute atomic E-state index is 12.8. The van der Waals surface area contributed by atoms with Crippen LogP contribution >= 0.6 is 11.3 Å². The summed E-state index contributed by atoms with van der Waals surface area (Å²) in [6, 6.07) is 5.58. The molecule has 0 radical (unpaired) electrons. The second-order valence-electron chi connectivity index (χ2n) is 7.19. The molecule has 0 bridgehead atoms. The van der Waals surface area contributed by atoms with Gasteiger partial charge in [0.1, 0.15) is 10.6 Å². The van der Waals surface area contributed by atoms with Gasteiger partial charge in [0.05, 0.1) is 12.2 Å². The van der Waals surface area contributed by atoms with Crippen molar-refractivity contribution in [3.05, 3.63) is 64.2 Å². The van der Waals surface area contributed by atoms with E-state index >= 15 is 0 Å². The Balaban J connectivity index is 1.40. The first-order chi connectivity index (χ1) is 15.2. The third-order valence-electron chi connectivity index (χ3n) is 4.91. The highest BCUT2D eigenvalue weighted by atomic mass is 32.1. The van der Waals surface area contributed by atoms with Gasteiger partial charge in [0, 0.05) is 37.7 Å². The van der Waals surface area contributed by atoms with Crippen LogP contribution in [0.5, 0.6) is 0 Å². The summed E-state index contributed by atoms with van der Waals surface area (Å²) in [5, 5.41) is 3.22. The first-order valence-electron chi connectivity index (χ1n) is 9.69. The number of thiazole rings is 1. The molecule has 0 saturated carbocycles. The Labute approximate surface area is 185 Å². The number of hydrogen-bond donors (Lipinski definition) is 2. The molecule has 32 heavy (non-hydrogen) atoms. The summed E-state index contributed by atoms with van der Waals surface area (Å²) in [4.78, 5) is 39.6. The van der Waals surface area contributed by atoms with E-state index in [0.717, 1.165) is 29.3 Å². The Morgan fingerprint density at radius 2 is 2.09 bits per heavy atom. The van der Waals surface area contributed by atoms with Crippen LogP contribution in [0.15, 0.2) is 36.7 Å². The van der Waals surface area contributed by atoms with Crippen LogP contribution in [0, 0.1) is 6.92 Å². The van der Waals surface area contributed by atoms with Crippen LogP contribution in [-0.2, 0) is 19.3 Å². The molecule has 1 saturated heterocycles. The lowest BCUT2D eigenvalue weighted by atomic mass is 10.2. The number of hydrogen-bond acceptors (Lipinski definition) is 5. The first kappa shape index (κ1) is 21.8. The van der Waals surface area contributed by atoms with Crippen LogP contribution in [0.2, 0.25) is 0 Å². The third-order valence-corrected chi connectivity index (χ3v) is 6.09. The summed E-state index contributed by atoms with van der Waals surface area (Å²) in [5.41, 5.74) is 0.903. The summed E-state index contributed by atoms with van der Waals surface area (Å²) in [6.45, 7) is 2.93. The van der Waals surface area contributed by atoms with Crippen LogP contribution in [0.3, 0.4) is 0 Å². The lowest BCUT2D eigenvalue weighted by Crippen LogP contribution is -2.31. The molecule has 3 amide bonds. The number of anilines is 1. The molecule has 12 heteroatoms. The van der Waals surface area contributed by atoms with Gasteiger partial charge in [-0.25, -0.2) is 9.78 Å².